The zero-order valence-electron chi connectivity index (χ0n) is 9.70. The van der Waals surface area contributed by atoms with Crippen LogP contribution in [0.3, 0.4) is 0 Å². The Morgan fingerprint density at radius 3 is 2.69 bits per heavy atom. The first-order chi connectivity index (χ1) is 7.52. The lowest BCUT2D eigenvalue weighted by Gasteiger charge is -2.20. The Morgan fingerprint density at radius 2 is 2.12 bits per heavy atom. The number of benzene rings is 1. The zero-order valence-corrected chi connectivity index (χ0v) is 10.5. The second kappa shape index (κ2) is 5.97. The van der Waals surface area contributed by atoms with Crippen molar-refractivity contribution in [2.45, 2.75) is 26.3 Å². The van der Waals surface area contributed by atoms with Gasteiger partial charge in [0, 0.05) is 11.1 Å². The molecule has 0 bridgehead atoms. The molecule has 0 aliphatic carbocycles. The van der Waals surface area contributed by atoms with E-state index in [1.165, 1.54) is 0 Å². The smallest absolute Gasteiger partial charge is 0.0632 e. The van der Waals surface area contributed by atoms with E-state index in [1.807, 2.05) is 0 Å². The number of aliphatic hydroxyl groups is 1. The second-order valence-corrected chi connectivity index (χ2v) is 4.82. The minimum Gasteiger partial charge on any atom is -0.397 e. The highest BCUT2D eigenvalue weighted by Gasteiger charge is 2.11. The van der Waals surface area contributed by atoms with Crippen molar-refractivity contribution in [1.82, 2.24) is 0 Å². The predicted octanol–water partition coefficient (Wildman–Crippen LogP) is 2.74. The Bertz CT molecular complexity index is 342. The van der Waals surface area contributed by atoms with Crippen molar-refractivity contribution in [2.24, 2.45) is 5.92 Å². The lowest BCUT2D eigenvalue weighted by molar-refractivity contribution is 0.259. The number of rotatable bonds is 5. The third-order valence-corrected chi connectivity index (χ3v) is 2.59. The Hall–Kier alpha value is -0.930. The van der Waals surface area contributed by atoms with Crippen molar-refractivity contribution >= 4 is 23.0 Å². The molecular weight excluding hydrogens is 224 g/mol. The number of nitrogens with one attached hydrogen (secondary N) is 1. The molecule has 0 aliphatic rings. The van der Waals surface area contributed by atoms with Gasteiger partial charge in [-0.05, 0) is 30.5 Å². The maximum absolute atomic E-state index is 9.26. The van der Waals surface area contributed by atoms with Gasteiger partial charge in [0.2, 0.25) is 0 Å². The van der Waals surface area contributed by atoms with Gasteiger partial charge in [0.15, 0.2) is 0 Å². The number of anilines is 2. The standard InChI is InChI=1S/C12H19ClN2O/c1-8(2)5-10(7-16)15-12-6-9(13)3-4-11(12)14/h3-4,6,8,10,15-16H,5,7,14H2,1-2H3. The first-order valence-electron chi connectivity index (χ1n) is 5.45. The Kier molecular flexibility index (Phi) is 4.90. The van der Waals surface area contributed by atoms with E-state index in [0.29, 0.717) is 16.6 Å². The molecule has 0 aliphatic heterocycles. The molecule has 1 aromatic rings. The summed E-state index contributed by atoms with van der Waals surface area (Å²) in [6, 6.07) is 5.30. The zero-order chi connectivity index (χ0) is 12.1. The molecule has 16 heavy (non-hydrogen) atoms. The summed E-state index contributed by atoms with van der Waals surface area (Å²) in [5.74, 6) is 0.519. The van der Waals surface area contributed by atoms with Crippen LogP contribution in [0.5, 0.6) is 0 Å². The van der Waals surface area contributed by atoms with Crippen LogP contribution in [-0.2, 0) is 0 Å². The molecule has 0 fully saturated rings. The normalized spacial score (nSPS) is 12.8. The molecule has 1 aromatic carbocycles. The summed E-state index contributed by atoms with van der Waals surface area (Å²) in [5.41, 5.74) is 7.25. The number of hydrogen-bond donors (Lipinski definition) is 3. The third kappa shape index (κ3) is 3.91. The van der Waals surface area contributed by atoms with Gasteiger partial charge in [-0.3, -0.25) is 0 Å². The summed E-state index contributed by atoms with van der Waals surface area (Å²) in [5, 5.41) is 13.1. The van der Waals surface area contributed by atoms with Gasteiger partial charge in [0.1, 0.15) is 0 Å². The second-order valence-electron chi connectivity index (χ2n) is 4.38. The molecule has 0 amide bonds. The van der Waals surface area contributed by atoms with Gasteiger partial charge in [-0.25, -0.2) is 0 Å². The average Bonchev–Trinajstić information content (AvgIpc) is 2.21. The van der Waals surface area contributed by atoms with Crippen LogP contribution < -0.4 is 11.1 Å². The lowest BCUT2D eigenvalue weighted by atomic mass is 10.0. The van der Waals surface area contributed by atoms with Crippen LogP contribution in [0.2, 0.25) is 5.02 Å². The van der Waals surface area contributed by atoms with E-state index in [-0.39, 0.29) is 12.6 Å². The fourth-order valence-corrected chi connectivity index (χ4v) is 1.79. The van der Waals surface area contributed by atoms with E-state index in [1.54, 1.807) is 18.2 Å². The Morgan fingerprint density at radius 1 is 1.44 bits per heavy atom. The molecule has 90 valence electrons. The molecular formula is C12H19ClN2O. The predicted molar refractivity (Wildman–Crippen MR) is 69.8 cm³/mol. The summed E-state index contributed by atoms with van der Waals surface area (Å²) in [7, 11) is 0. The van der Waals surface area contributed by atoms with Crippen molar-refractivity contribution in [2.75, 3.05) is 17.7 Å². The van der Waals surface area contributed by atoms with Crippen LogP contribution >= 0.6 is 11.6 Å². The molecule has 0 radical (unpaired) electrons. The van der Waals surface area contributed by atoms with E-state index in [4.69, 9.17) is 17.3 Å². The summed E-state index contributed by atoms with van der Waals surface area (Å²) in [4.78, 5) is 0. The largest absolute Gasteiger partial charge is 0.397 e. The number of hydrogen-bond acceptors (Lipinski definition) is 3. The average molecular weight is 243 g/mol. The fourth-order valence-electron chi connectivity index (χ4n) is 1.62. The van der Waals surface area contributed by atoms with E-state index in [2.05, 4.69) is 19.2 Å². The summed E-state index contributed by atoms with van der Waals surface area (Å²) in [6.45, 7) is 4.32. The number of aliphatic hydroxyl groups excluding tert-OH is 1. The van der Waals surface area contributed by atoms with Crippen molar-refractivity contribution in [3.05, 3.63) is 23.2 Å². The van der Waals surface area contributed by atoms with Gasteiger partial charge in [0.05, 0.1) is 18.0 Å². The molecule has 4 N–H and O–H groups in total. The van der Waals surface area contributed by atoms with E-state index in [9.17, 15) is 5.11 Å². The fraction of sp³-hybridized carbons (Fsp3) is 0.500. The molecule has 0 aromatic heterocycles. The van der Waals surface area contributed by atoms with Gasteiger partial charge < -0.3 is 16.2 Å². The van der Waals surface area contributed by atoms with E-state index >= 15 is 0 Å². The van der Waals surface area contributed by atoms with Gasteiger partial charge in [-0.1, -0.05) is 25.4 Å². The summed E-state index contributed by atoms with van der Waals surface area (Å²) >= 11 is 5.89. The number of nitrogen functional groups attached to an aromatic ring is 1. The van der Waals surface area contributed by atoms with Gasteiger partial charge in [-0.2, -0.15) is 0 Å². The minimum absolute atomic E-state index is 0.0146. The highest BCUT2D eigenvalue weighted by molar-refractivity contribution is 6.31. The highest BCUT2D eigenvalue weighted by Crippen LogP contribution is 2.24. The maximum atomic E-state index is 9.26. The first-order valence-corrected chi connectivity index (χ1v) is 5.83. The quantitative estimate of drug-likeness (QED) is 0.696. The molecule has 4 heteroatoms. The summed E-state index contributed by atoms with van der Waals surface area (Å²) in [6.07, 6.45) is 0.891. The maximum Gasteiger partial charge on any atom is 0.0632 e. The third-order valence-electron chi connectivity index (χ3n) is 2.35. The van der Waals surface area contributed by atoms with Gasteiger partial charge >= 0.3 is 0 Å². The molecule has 0 spiro atoms. The molecule has 1 atom stereocenters. The van der Waals surface area contributed by atoms with Crippen LogP contribution in [0.15, 0.2) is 18.2 Å². The minimum atomic E-state index is 0.0146. The molecule has 3 nitrogen and oxygen atoms in total. The first kappa shape index (κ1) is 13.1. The highest BCUT2D eigenvalue weighted by atomic mass is 35.5. The molecule has 0 saturated heterocycles. The lowest BCUT2D eigenvalue weighted by Crippen LogP contribution is -2.26. The SMILES string of the molecule is CC(C)CC(CO)Nc1cc(Cl)ccc1N. The van der Waals surface area contributed by atoms with Crippen LogP contribution in [-0.4, -0.2) is 17.8 Å². The van der Waals surface area contributed by atoms with E-state index in [0.717, 1.165) is 12.1 Å². The molecule has 1 unspecified atom stereocenters. The topological polar surface area (TPSA) is 58.3 Å². The summed E-state index contributed by atoms with van der Waals surface area (Å²) < 4.78 is 0. The van der Waals surface area contributed by atoms with Crippen molar-refractivity contribution in [1.29, 1.82) is 0 Å². The number of halogens is 1. The van der Waals surface area contributed by atoms with Crippen molar-refractivity contribution in [3.63, 3.8) is 0 Å². The monoisotopic (exact) mass is 242 g/mol. The van der Waals surface area contributed by atoms with Crippen molar-refractivity contribution < 1.29 is 5.11 Å². The molecule has 1 rings (SSSR count). The van der Waals surface area contributed by atoms with Gasteiger partial charge in [0.25, 0.3) is 0 Å². The van der Waals surface area contributed by atoms with Gasteiger partial charge in [-0.15, -0.1) is 0 Å². The molecule has 0 heterocycles. The van der Waals surface area contributed by atoms with Crippen LogP contribution in [0.4, 0.5) is 11.4 Å². The Balaban J connectivity index is 2.73. The van der Waals surface area contributed by atoms with E-state index < -0.39 is 0 Å². The Labute approximate surface area is 102 Å². The molecule has 0 saturated carbocycles. The van der Waals surface area contributed by atoms with Crippen molar-refractivity contribution in [3.8, 4) is 0 Å². The van der Waals surface area contributed by atoms with Crippen LogP contribution in [0.25, 0.3) is 0 Å². The number of nitrogens with two attached hydrogens (primary N) is 1. The van der Waals surface area contributed by atoms with Crippen LogP contribution in [0, 0.1) is 5.92 Å². The van der Waals surface area contributed by atoms with Crippen LogP contribution in [0.1, 0.15) is 20.3 Å².